The molecule has 0 radical (unpaired) electrons. The highest BCUT2D eigenvalue weighted by Gasteiger charge is 2.69. The summed E-state index contributed by atoms with van der Waals surface area (Å²) in [5, 5.41) is 3.74. The summed E-state index contributed by atoms with van der Waals surface area (Å²) >= 11 is 0. The Morgan fingerprint density at radius 2 is 1.47 bits per heavy atom. The van der Waals surface area contributed by atoms with E-state index in [0.717, 1.165) is 16.7 Å². The second-order valence-electron chi connectivity index (χ2n) is 10.6. The molecule has 5 rings (SSSR count). The quantitative estimate of drug-likeness (QED) is 0.116. The number of carbonyl (C=O) groups is 2. The summed E-state index contributed by atoms with van der Waals surface area (Å²) in [6.07, 6.45) is -5.70. The number of carbonyl (C=O) groups excluding carboxylic acids is 2. The third-order valence-electron chi connectivity index (χ3n) is 7.77. The Balaban J connectivity index is 1.63. The fraction of sp³-hybridized carbons (Fsp3) is 0.394. The van der Waals surface area contributed by atoms with Gasteiger partial charge in [0.1, 0.15) is 18.3 Å². The predicted molar refractivity (Wildman–Crippen MR) is 159 cm³/mol. The van der Waals surface area contributed by atoms with E-state index in [1.54, 1.807) is 0 Å². The second-order valence-corrected chi connectivity index (χ2v) is 10.6. The van der Waals surface area contributed by atoms with Gasteiger partial charge in [-0.25, -0.2) is 0 Å². The van der Waals surface area contributed by atoms with E-state index in [-0.39, 0.29) is 26.4 Å². The molecule has 2 heterocycles. The van der Waals surface area contributed by atoms with Gasteiger partial charge in [-0.2, -0.15) is 0 Å². The van der Waals surface area contributed by atoms with Crippen LogP contribution in [-0.4, -0.2) is 68.0 Å². The number of methoxy groups -OCH3 is 1. The first-order chi connectivity index (χ1) is 22.0. The van der Waals surface area contributed by atoms with E-state index >= 15 is 0 Å². The van der Waals surface area contributed by atoms with Crippen molar-refractivity contribution in [2.24, 2.45) is 5.11 Å². The smallest absolute Gasteiger partial charge is 0.317 e. The number of benzene rings is 3. The van der Waals surface area contributed by atoms with Crippen LogP contribution >= 0.6 is 0 Å². The molecular formula is C33H35N3O9. The van der Waals surface area contributed by atoms with Crippen LogP contribution in [0.1, 0.15) is 23.6 Å². The maximum atomic E-state index is 13.1. The lowest BCUT2D eigenvalue weighted by molar-refractivity contribution is -0.339. The molecule has 0 amide bonds. The lowest BCUT2D eigenvalue weighted by Gasteiger charge is -2.52. The van der Waals surface area contributed by atoms with Crippen LogP contribution in [0.15, 0.2) is 96.1 Å². The third-order valence-corrected chi connectivity index (χ3v) is 7.77. The highest BCUT2D eigenvalue weighted by atomic mass is 16.7. The van der Waals surface area contributed by atoms with E-state index in [2.05, 4.69) is 10.0 Å². The molecule has 2 saturated heterocycles. The number of esters is 2. The van der Waals surface area contributed by atoms with Crippen molar-refractivity contribution in [2.75, 3.05) is 13.7 Å². The van der Waals surface area contributed by atoms with Crippen LogP contribution in [0.4, 0.5) is 0 Å². The number of nitrogens with zero attached hydrogens (tertiary/aromatic N) is 3. The molecule has 45 heavy (non-hydrogen) atoms. The summed E-state index contributed by atoms with van der Waals surface area (Å²) < 4.78 is 43.1. The molecular weight excluding hydrogens is 582 g/mol. The molecule has 3 aromatic carbocycles. The van der Waals surface area contributed by atoms with E-state index in [0.29, 0.717) is 0 Å². The zero-order valence-corrected chi connectivity index (χ0v) is 25.0. The Morgan fingerprint density at radius 1 is 0.911 bits per heavy atom. The molecule has 0 N–H and O–H groups in total. The van der Waals surface area contributed by atoms with Crippen LogP contribution in [0, 0.1) is 0 Å². The second kappa shape index (κ2) is 15.1. The standard InChI is InChI=1S/C33H35N3O9/c1-22(37)44-32-30-33(43-20-25-16-10-5-11-17-25,26(21-42-30)40-18-23-12-6-3-7-13-23)29(41-19-24-14-8-4-9-15-24)28(45-32)27(35-36-34)31(38)39-2/h3-17,26-30,32H,18-21H2,1-2H3/t26-,27+,28?,29?,30?,32?,33?/m0/s1. The molecule has 2 aliphatic rings. The molecule has 3 aromatic rings. The first-order valence-electron chi connectivity index (χ1n) is 14.5. The molecule has 2 aliphatic heterocycles. The Hall–Kier alpha value is -4.29. The maximum Gasteiger partial charge on any atom is 0.317 e. The minimum absolute atomic E-state index is 0.0236. The van der Waals surface area contributed by atoms with Gasteiger partial charge in [-0.3, -0.25) is 9.59 Å². The van der Waals surface area contributed by atoms with E-state index in [9.17, 15) is 15.1 Å². The van der Waals surface area contributed by atoms with Crippen LogP contribution in [0.2, 0.25) is 0 Å². The van der Waals surface area contributed by atoms with Crippen molar-refractivity contribution in [3.8, 4) is 0 Å². The van der Waals surface area contributed by atoms with Gasteiger partial charge >= 0.3 is 11.9 Å². The van der Waals surface area contributed by atoms with Crippen molar-refractivity contribution < 1.29 is 42.7 Å². The molecule has 0 bridgehead atoms. The molecule has 0 aliphatic carbocycles. The molecule has 5 unspecified atom stereocenters. The van der Waals surface area contributed by atoms with Crippen LogP contribution < -0.4 is 0 Å². The van der Waals surface area contributed by atoms with Crippen LogP contribution in [0.3, 0.4) is 0 Å². The largest absolute Gasteiger partial charge is 0.469 e. The summed E-state index contributed by atoms with van der Waals surface area (Å²) in [5.74, 6) is -1.53. The van der Waals surface area contributed by atoms with Crippen molar-refractivity contribution in [3.05, 3.63) is 118 Å². The van der Waals surface area contributed by atoms with E-state index < -0.39 is 54.3 Å². The first kappa shape index (κ1) is 32.1. The van der Waals surface area contributed by atoms with E-state index in [1.807, 2.05) is 91.0 Å². The zero-order valence-electron chi connectivity index (χ0n) is 25.0. The number of hydrogen-bond donors (Lipinski definition) is 0. The Labute approximate surface area is 260 Å². The maximum absolute atomic E-state index is 13.1. The first-order valence-corrected chi connectivity index (χ1v) is 14.5. The molecule has 0 spiro atoms. The predicted octanol–water partition coefficient (Wildman–Crippen LogP) is 4.65. The number of rotatable bonds is 13. The lowest BCUT2D eigenvalue weighted by Crippen LogP contribution is -2.72. The van der Waals surface area contributed by atoms with Gasteiger partial charge < -0.3 is 33.2 Å². The molecule has 236 valence electrons. The van der Waals surface area contributed by atoms with Gasteiger partial charge in [-0.05, 0) is 22.2 Å². The average molecular weight is 618 g/mol. The van der Waals surface area contributed by atoms with Gasteiger partial charge in [-0.15, -0.1) is 0 Å². The van der Waals surface area contributed by atoms with Crippen molar-refractivity contribution in [1.29, 1.82) is 0 Å². The van der Waals surface area contributed by atoms with Gasteiger partial charge in [0.2, 0.25) is 6.29 Å². The summed E-state index contributed by atoms with van der Waals surface area (Å²) in [6.45, 7) is 1.61. The lowest BCUT2D eigenvalue weighted by atomic mass is 9.78. The van der Waals surface area contributed by atoms with Gasteiger partial charge in [0.25, 0.3) is 0 Å². The van der Waals surface area contributed by atoms with Crippen molar-refractivity contribution in [2.45, 2.75) is 69.1 Å². The number of ether oxygens (including phenoxy) is 7. The average Bonchev–Trinajstić information content (AvgIpc) is 3.45. The summed E-state index contributed by atoms with van der Waals surface area (Å²) in [7, 11) is 1.17. The zero-order chi connectivity index (χ0) is 31.6. The molecule has 7 atom stereocenters. The Morgan fingerprint density at radius 3 is 2.00 bits per heavy atom. The normalized spacial score (nSPS) is 26.2. The molecule has 2 fully saturated rings. The van der Waals surface area contributed by atoms with Crippen LogP contribution in [0.5, 0.6) is 0 Å². The highest BCUT2D eigenvalue weighted by molar-refractivity contribution is 5.77. The topological polar surface area (TPSA) is 148 Å². The van der Waals surface area contributed by atoms with E-state index in [4.69, 9.17) is 33.2 Å². The summed E-state index contributed by atoms with van der Waals surface area (Å²) in [5.41, 5.74) is 10.5. The van der Waals surface area contributed by atoms with Gasteiger partial charge in [0.15, 0.2) is 17.7 Å². The van der Waals surface area contributed by atoms with Gasteiger partial charge in [-0.1, -0.05) is 96.1 Å². The van der Waals surface area contributed by atoms with Crippen molar-refractivity contribution >= 4 is 11.9 Å². The number of azide groups is 1. The fourth-order valence-electron chi connectivity index (χ4n) is 5.72. The fourth-order valence-corrected chi connectivity index (χ4v) is 5.72. The Kier molecular flexibility index (Phi) is 10.8. The van der Waals surface area contributed by atoms with Gasteiger partial charge in [0.05, 0.1) is 33.5 Å². The summed E-state index contributed by atoms with van der Waals surface area (Å²) in [6, 6.07) is 26.9. The SMILES string of the molecule is COC(=O)[C@H](N=[N+]=[N-])C1OC(OC(C)=O)C2OC[C@H](OCc3ccccc3)C2(OCc2ccccc2)C1OCc1ccccc1. The Bertz CT molecular complexity index is 1460. The third kappa shape index (κ3) is 7.34. The van der Waals surface area contributed by atoms with Crippen LogP contribution in [0.25, 0.3) is 10.4 Å². The minimum Gasteiger partial charge on any atom is -0.469 e. The summed E-state index contributed by atoms with van der Waals surface area (Å²) in [4.78, 5) is 28.3. The van der Waals surface area contributed by atoms with Crippen molar-refractivity contribution in [1.82, 2.24) is 0 Å². The molecule has 0 saturated carbocycles. The minimum atomic E-state index is -1.53. The number of hydrogen-bond acceptors (Lipinski definition) is 10. The molecule has 12 heteroatoms. The molecule has 0 aromatic heterocycles. The van der Waals surface area contributed by atoms with Crippen LogP contribution in [-0.2, 0) is 62.6 Å². The van der Waals surface area contributed by atoms with Gasteiger partial charge in [0, 0.05) is 11.8 Å². The molecule has 12 nitrogen and oxygen atoms in total. The van der Waals surface area contributed by atoms with E-state index in [1.165, 1.54) is 14.0 Å². The highest BCUT2D eigenvalue weighted by Crippen LogP contribution is 2.47. The monoisotopic (exact) mass is 617 g/mol. The van der Waals surface area contributed by atoms with Crippen molar-refractivity contribution in [3.63, 3.8) is 0 Å². The number of fused-ring (bicyclic) bond motifs is 1.